The molecule has 0 atom stereocenters. The molecule has 0 aliphatic carbocycles. The molecule has 2 rings (SSSR count). The number of carbonyl (C=O) groups is 1. The van der Waals surface area contributed by atoms with Crippen LogP contribution in [0.4, 0.5) is 0 Å². The van der Waals surface area contributed by atoms with Crippen LogP contribution in [0.2, 0.25) is 10.0 Å². The van der Waals surface area contributed by atoms with Crippen LogP contribution in [-0.4, -0.2) is 29.6 Å². The Morgan fingerprint density at radius 1 is 1.28 bits per heavy atom. The number of halogens is 2. The minimum atomic E-state index is 0.239. The summed E-state index contributed by atoms with van der Waals surface area (Å²) >= 11 is 13.5. The summed E-state index contributed by atoms with van der Waals surface area (Å²) in [5, 5.41) is 1.31. The van der Waals surface area contributed by atoms with Crippen LogP contribution in [0.5, 0.6) is 0 Å². The first-order chi connectivity index (χ1) is 8.66. The van der Waals surface area contributed by atoms with Gasteiger partial charge in [-0.25, -0.2) is 0 Å². The molecule has 1 fully saturated rings. The Balaban J connectivity index is 1.79. The van der Waals surface area contributed by atoms with Crippen molar-refractivity contribution in [2.45, 2.75) is 18.6 Å². The Morgan fingerprint density at radius 3 is 2.67 bits per heavy atom. The molecule has 0 N–H and O–H groups in total. The second-order valence-corrected chi connectivity index (χ2v) is 6.15. The second-order valence-electron chi connectivity index (χ2n) is 4.32. The summed E-state index contributed by atoms with van der Waals surface area (Å²) in [7, 11) is 0. The highest BCUT2D eigenvalue weighted by atomic mass is 35.5. The summed E-state index contributed by atoms with van der Waals surface area (Å²) < 4.78 is 0. The van der Waals surface area contributed by atoms with Gasteiger partial charge >= 0.3 is 0 Å². The van der Waals surface area contributed by atoms with Gasteiger partial charge in [-0.2, -0.15) is 0 Å². The van der Waals surface area contributed by atoms with Gasteiger partial charge in [0.15, 0.2) is 0 Å². The number of nitrogens with zero attached hydrogens (tertiary/aromatic N) is 1. The predicted octanol–water partition coefficient (Wildman–Crippen LogP) is 3.85. The topological polar surface area (TPSA) is 20.3 Å². The maximum atomic E-state index is 11.8. The molecule has 2 nitrogen and oxygen atoms in total. The first-order valence-corrected chi connectivity index (χ1v) is 7.87. The van der Waals surface area contributed by atoms with Crippen molar-refractivity contribution in [2.24, 2.45) is 0 Å². The molecular weight excluding hydrogens is 289 g/mol. The highest BCUT2D eigenvalue weighted by Crippen LogP contribution is 2.25. The van der Waals surface area contributed by atoms with E-state index in [1.165, 1.54) is 0 Å². The molecule has 1 saturated heterocycles. The summed E-state index contributed by atoms with van der Waals surface area (Å²) in [6, 6.07) is 5.48. The van der Waals surface area contributed by atoms with E-state index in [4.69, 9.17) is 23.2 Å². The predicted molar refractivity (Wildman–Crippen MR) is 78.4 cm³/mol. The summed E-state index contributed by atoms with van der Waals surface area (Å²) in [6.07, 6.45) is 2.28. The number of carbonyl (C=O) groups excluding carboxylic acids is 1. The van der Waals surface area contributed by atoms with Crippen LogP contribution in [0.15, 0.2) is 18.2 Å². The molecule has 1 aliphatic rings. The van der Waals surface area contributed by atoms with Crippen LogP contribution in [0, 0.1) is 0 Å². The highest BCUT2D eigenvalue weighted by Gasteiger charge is 2.17. The van der Waals surface area contributed by atoms with E-state index in [0.29, 0.717) is 15.8 Å². The maximum Gasteiger partial charge on any atom is 0.232 e. The van der Waals surface area contributed by atoms with Crippen molar-refractivity contribution >= 4 is 40.9 Å². The zero-order valence-corrected chi connectivity index (χ0v) is 12.3. The van der Waals surface area contributed by atoms with Crippen molar-refractivity contribution in [1.82, 2.24) is 4.90 Å². The Morgan fingerprint density at radius 2 is 2.00 bits per heavy atom. The Bertz CT molecular complexity index is 433. The Labute approximate surface area is 122 Å². The fourth-order valence-corrected chi connectivity index (χ4v) is 3.43. The van der Waals surface area contributed by atoms with Gasteiger partial charge < -0.3 is 4.90 Å². The zero-order chi connectivity index (χ0) is 13.0. The minimum absolute atomic E-state index is 0.239. The van der Waals surface area contributed by atoms with Gasteiger partial charge in [0.05, 0.1) is 5.75 Å². The first-order valence-electron chi connectivity index (χ1n) is 5.96. The molecule has 98 valence electrons. The Kier molecular flexibility index (Phi) is 5.22. The number of hydrogen-bond donors (Lipinski definition) is 0. The third kappa shape index (κ3) is 3.81. The van der Waals surface area contributed by atoms with Crippen LogP contribution < -0.4 is 0 Å². The molecule has 1 amide bonds. The lowest BCUT2D eigenvalue weighted by Crippen LogP contribution is -2.29. The molecule has 0 saturated carbocycles. The van der Waals surface area contributed by atoms with Crippen LogP contribution in [0.1, 0.15) is 18.4 Å². The van der Waals surface area contributed by atoms with Gasteiger partial charge in [0, 0.05) is 28.9 Å². The quantitative estimate of drug-likeness (QED) is 0.842. The number of amides is 1. The number of rotatable bonds is 4. The fourth-order valence-electron chi connectivity index (χ4n) is 1.94. The van der Waals surface area contributed by atoms with Crippen LogP contribution in [0.3, 0.4) is 0 Å². The first kappa shape index (κ1) is 14.0. The molecule has 0 spiro atoms. The molecule has 1 aliphatic heterocycles. The molecule has 1 heterocycles. The van der Waals surface area contributed by atoms with Crippen molar-refractivity contribution in [3.63, 3.8) is 0 Å². The maximum absolute atomic E-state index is 11.8. The van der Waals surface area contributed by atoms with Gasteiger partial charge in [-0.15, -0.1) is 11.8 Å². The van der Waals surface area contributed by atoms with Gasteiger partial charge in [-0.1, -0.05) is 29.3 Å². The van der Waals surface area contributed by atoms with E-state index < -0.39 is 0 Å². The monoisotopic (exact) mass is 303 g/mol. The standard InChI is InChI=1S/C13H15Cl2NOS/c14-11-4-3-10(12(15)7-11)8-18-9-13(17)16-5-1-2-6-16/h3-4,7H,1-2,5-6,8-9H2. The van der Waals surface area contributed by atoms with Crippen molar-refractivity contribution in [3.8, 4) is 0 Å². The summed E-state index contributed by atoms with van der Waals surface area (Å²) in [5.74, 6) is 1.51. The number of thioether (sulfide) groups is 1. The van der Waals surface area contributed by atoms with Crippen molar-refractivity contribution in [1.29, 1.82) is 0 Å². The van der Waals surface area contributed by atoms with E-state index in [9.17, 15) is 4.79 Å². The molecule has 0 radical (unpaired) electrons. The van der Waals surface area contributed by atoms with E-state index in [2.05, 4.69) is 0 Å². The molecule has 1 aromatic rings. The lowest BCUT2D eigenvalue weighted by Gasteiger charge is -2.14. The molecule has 1 aromatic carbocycles. The van der Waals surface area contributed by atoms with Gasteiger partial charge in [0.2, 0.25) is 5.91 Å². The lowest BCUT2D eigenvalue weighted by molar-refractivity contribution is -0.127. The SMILES string of the molecule is O=C(CSCc1ccc(Cl)cc1Cl)N1CCCC1. The molecule has 0 unspecified atom stereocenters. The molecular formula is C13H15Cl2NOS. The van der Waals surface area contributed by atoms with Crippen molar-refractivity contribution in [3.05, 3.63) is 33.8 Å². The molecule has 5 heteroatoms. The van der Waals surface area contributed by atoms with Crippen LogP contribution in [0.25, 0.3) is 0 Å². The summed E-state index contributed by atoms with van der Waals surface area (Å²) in [6.45, 7) is 1.84. The van der Waals surface area contributed by atoms with E-state index in [-0.39, 0.29) is 5.91 Å². The zero-order valence-electron chi connectivity index (χ0n) is 9.99. The molecule has 0 bridgehead atoms. The molecule has 18 heavy (non-hydrogen) atoms. The second kappa shape index (κ2) is 6.69. The minimum Gasteiger partial charge on any atom is -0.342 e. The average molecular weight is 304 g/mol. The number of likely N-dealkylation sites (tertiary alicyclic amines) is 1. The van der Waals surface area contributed by atoms with E-state index in [0.717, 1.165) is 37.2 Å². The van der Waals surface area contributed by atoms with Crippen molar-refractivity contribution < 1.29 is 4.79 Å². The summed E-state index contributed by atoms with van der Waals surface area (Å²) in [5.41, 5.74) is 1.03. The third-order valence-electron chi connectivity index (χ3n) is 2.96. The highest BCUT2D eigenvalue weighted by molar-refractivity contribution is 7.99. The molecule has 0 aromatic heterocycles. The Hall–Kier alpha value is -0.380. The van der Waals surface area contributed by atoms with Gasteiger partial charge in [0.25, 0.3) is 0 Å². The smallest absolute Gasteiger partial charge is 0.232 e. The van der Waals surface area contributed by atoms with Crippen LogP contribution >= 0.6 is 35.0 Å². The van der Waals surface area contributed by atoms with Gasteiger partial charge in [-0.05, 0) is 30.5 Å². The average Bonchev–Trinajstić information content (AvgIpc) is 2.85. The summed E-state index contributed by atoms with van der Waals surface area (Å²) in [4.78, 5) is 13.8. The fraction of sp³-hybridized carbons (Fsp3) is 0.462. The van der Waals surface area contributed by atoms with Gasteiger partial charge in [0.1, 0.15) is 0 Å². The third-order valence-corrected chi connectivity index (χ3v) is 4.51. The van der Waals surface area contributed by atoms with E-state index in [1.807, 2.05) is 17.0 Å². The van der Waals surface area contributed by atoms with E-state index in [1.54, 1.807) is 17.8 Å². The largest absolute Gasteiger partial charge is 0.342 e. The number of hydrogen-bond acceptors (Lipinski definition) is 2. The van der Waals surface area contributed by atoms with E-state index >= 15 is 0 Å². The van der Waals surface area contributed by atoms with Gasteiger partial charge in [-0.3, -0.25) is 4.79 Å². The van der Waals surface area contributed by atoms with Crippen LogP contribution in [-0.2, 0) is 10.5 Å². The lowest BCUT2D eigenvalue weighted by atomic mass is 10.2. The number of benzene rings is 1. The van der Waals surface area contributed by atoms with Crippen molar-refractivity contribution in [2.75, 3.05) is 18.8 Å². The normalized spacial score (nSPS) is 15.1.